The van der Waals surface area contributed by atoms with Gasteiger partial charge in [-0.1, -0.05) is 11.6 Å². The second-order valence-corrected chi connectivity index (χ2v) is 6.06. The predicted octanol–water partition coefficient (Wildman–Crippen LogP) is 3.81. The Morgan fingerprint density at radius 1 is 1.08 bits per heavy atom. The van der Waals surface area contributed by atoms with Crippen LogP contribution in [0.5, 0.6) is 0 Å². The van der Waals surface area contributed by atoms with E-state index in [0.29, 0.717) is 6.42 Å². The largest absolute Gasteiger partial charge is 0.340 e. The highest BCUT2D eigenvalue weighted by Crippen LogP contribution is 2.27. The van der Waals surface area contributed by atoms with E-state index in [1.807, 2.05) is 41.3 Å². The minimum atomic E-state index is 0.202. The van der Waals surface area contributed by atoms with E-state index < -0.39 is 0 Å². The molecule has 3 aromatic rings. The highest BCUT2D eigenvalue weighted by Gasteiger charge is 2.21. The number of benzene rings is 2. The molecule has 1 aliphatic rings. The molecule has 1 amide bonds. The number of nitrogens with zero attached hydrogens (tertiary/aromatic N) is 3. The highest BCUT2D eigenvalue weighted by molar-refractivity contribution is 5.95. The van der Waals surface area contributed by atoms with Gasteiger partial charge in [-0.25, -0.2) is 9.97 Å². The molecule has 5 heteroatoms. The van der Waals surface area contributed by atoms with E-state index >= 15 is 0 Å². The molecule has 5 nitrogen and oxygen atoms in total. The molecule has 1 aliphatic heterocycles. The number of fused-ring (bicyclic) bond motifs is 1. The van der Waals surface area contributed by atoms with Crippen molar-refractivity contribution in [3.63, 3.8) is 0 Å². The molecule has 1 fully saturated rings. The molecule has 0 atom stereocenters. The monoisotopic (exact) mass is 318 g/mol. The van der Waals surface area contributed by atoms with Gasteiger partial charge in [-0.05, 0) is 49.7 Å². The van der Waals surface area contributed by atoms with Crippen LogP contribution in [0.3, 0.4) is 0 Å². The average Bonchev–Trinajstić information content (AvgIpc) is 3.02. The standard InChI is InChI=1S/C19H18N4O/c1-13-4-9-17-16(11-13)19(21-12-20-17)22-14-5-7-15(8-6-14)23-10-2-3-18(23)24/h4-9,11-12H,2-3,10H2,1H3,(H,20,21,22). The molecule has 1 N–H and O–H groups in total. The summed E-state index contributed by atoms with van der Waals surface area (Å²) >= 11 is 0. The molecule has 1 aromatic heterocycles. The Hall–Kier alpha value is -2.95. The molecule has 0 spiro atoms. The fourth-order valence-corrected chi connectivity index (χ4v) is 3.05. The first-order valence-corrected chi connectivity index (χ1v) is 8.09. The molecule has 0 bridgehead atoms. The Balaban J connectivity index is 1.62. The van der Waals surface area contributed by atoms with E-state index in [-0.39, 0.29) is 5.91 Å². The van der Waals surface area contributed by atoms with Crippen LogP contribution in [0.1, 0.15) is 18.4 Å². The molecule has 2 aromatic carbocycles. The van der Waals surface area contributed by atoms with Crippen molar-refractivity contribution in [2.24, 2.45) is 0 Å². The second-order valence-electron chi connectivity index (χ2n) is 6.06. The maximum absolute atomic E-state index is 11.8. The van der Waals surface area contributed by atoms with Crippen molar-refractivity contribution in [3.8, 4) is 0 Å². The number of aryl methyl sites for hydroxylation is 1. The number of carbonyl (C=O) groups is 1. The Morgan fingerprint density at radius 3 is 2.67 bits per heavy atom. The topological polar surface area (TPSA) is 58.1 Å². The van der Waals surface area contributed by atoms with Crippen LogP contribution in [0.4, 0.5) is 17.2 Å². The van der Waals surface area contributed by atoms with Gasteiger partial charge in [0.2, 0.25) is 5.91 Å². The van der Waals surface area contributed by atoms with E-state index in [1.54, 1.807) is 6.33 Å². The summed E-state index contributed by atoms with van der Waals surface area (Å²) in [5.41, 5.74) is 3.97. The number of anilines is 3. The van der Waals surface area contributed by atoms with Gasteiger partial charge in [0, 0.05) is 29.7 Å². The van der Waals surface area contributed by atoms with Gasteiger partial charge in [0.05, 0.1) is 5.52 Å². The first-order valence-electron chi connectivity index (χ1n) is 8.09. The lowest BCUT2D eigenvalue weighted by atomic mass is 10.1. The van der Waals surface area contributed by atoms with Crippen LogP contribution in [-0.4, -0.2) is 22.4 Å². The first-order chi connectivity index (χ1) is 11.7. The highest BCUT2D eigenvalue weighted by atomic mass is 16.2. The summed E-state index contributed by atoms with van der Waals surface area (Å²) in [5, 5.41) is 4.35. The molecule has 4 rings (SSSR count). The van der Waals surface area contributed by atoms with Gasteiger partial charge >= 0.3 is 0 Å². The zero-order valence-electron chi connectivity index (χ0n) is 13.5. The van der Waals surface area contributed by atoms with Crippen molar-refractivity contribution in [3.05, 3.63) is 54.4 Å². The van der Waals surface area contributed by atoms with Crippen LogP contribution in [0.25, 0.3) is 10.9 Å². The fourth-order valence-electron chi connectivity index (χ4n) is 3.05. The molecule has 0 aliphatic carbocycles. The van der Waals surface area contributed by atoms with E-state index in [9.17, 15) is 4.79 Å². The Morgan fingerprint density at radius 2 is 1.92 bits per heavy atom. The van der Waals surface area contributed by atoms with Gasteiger partial charge < -0.3 is 10.2 Å². The van der Waals surface area contributed by atoms with Crippen molar-refractivity contribution in [1.82, 2.24) is 9.97 Å². The fraction of sp³-hybridized carbons (Fsp3) is 0.211. The van der Waals surface area contributed by atoms with Gasteiger partial charge in [-0.2, -0.15) is 0 Å². The molecule has 24 heavy (non-hydrogen) atoms. The average molecular weight is 318 g/mol. The van der Waals surface area contributed by atoms with Crippen LogP contribution in [0.2, 0.25) is 0 Å². The van der Waals surface area contributed by atoms with Gasteiger partial charge in [0.15, 0.2) is 0 Å². The number of amides is 1. The molecule has 0 saturated carbocycles. The van der Waals surface area contributed by atoms with E-state index in [0.717, 1.165) is 41.1 Å². The number of carbonyl (C=O) groups excluding carboxylic acids is 1. The van der Waals surface area contributed by atoms with Crippen molar-refractivity contribution >= 4 is 34.0 Å². The van der Waals surface area contributed by atoms with Crippen molar-refractivity contribution in [2.75, 3.05) is 16.8 Å². The maximum Gasteiger partial charge on any atom is 0.227 e. The summed E-state index contributed by atoms with van der Waals surface area (Å²) < 4.78 is 0. The number of aromatic nitrogens is 2. The summed E-state index contributed by atoms with van der Waals surface area (Å²) in [6.45, 7) is 2.86. The van der Waals surface area contributed by atoms with Gasteiger partial charge in [-0.15, -0.1) is 0 Å². The molecule has 2 heterocycles. The third-order valence-corrected chi connectivity index (χ3v) is 4.31. The smallest absolute Gasteiger partial charge is 0.227 e. The Labute approximate surface area is 140 Å². The van der Waals surface area contributed by atoms with E-state index in [4.69, 9.17) is 0 Å². The quantitative estimate of drug-likeness (QED) is 0.798. The lowest BCUT2D eigenvalue weighted by Gasteiger charge is -2.16. The van der Waals surface area contributed by atoms with Crippen LogP contribution < -0.4 is 10.2 Å². The zero-order valence-corrected chi connectivity index (χ0v) is 13.5. The molecule has 0 unspecified atom stereocenters. The normalized spacial score (nSPS) is 14.4. The molecule has 1 saturated heterocycles. The van der Waals surface area contributed by atoms with E-state index in [1.165, 1.54) is 5.56 Å². The van der Waals surface area contributed by atoms with Crippen LogP contribution >= 0.6 is 0 Å². The predicted molar refractivity (Wildman–Crippen MR) is 95.6 cm³/mol. The summed E-state index contributed by atoms with van der Waals surface area (Å²) in [6, 6.07) is 14.0. The van der Waals surface area contributed by atoms with Crippen molar-refractivity contribution < 1.29 is 4.79 Å². The number of hydrogen-bond acceptors (Lipinski definition) is 4. The van der Waals surface area contributed by atoms with E-state index in [2.05, 4.69) is 28.3 Å². The third kappa shape index (κ3) is 2.69. The van der Waals surface area contributed by atoms with Crippen LogP contribution in [-0.2, 0) is 4.79 Å². The minimum absolute atomic E-state index is 0.202. The third-order valence-electron chi connectivity index (χ3n) is 4.31. The Kier molecular flexibility index (Phi) is 3.61. The van der Waals surface area contributed by atoms with Crippen LogP contribution in [0, 0.1) is 6.92 Å². The lowest BCUT2D eigenvalue weighted by molar-refractivity contribution is -0.117. The Bertz CT molecular complexity index is 905. The molecular formula is C19H18N4O. The van der Waals surface area contributed by atoms with Crippen molar-refractivity contribution in [2.45, 2.75) is 19.8 Å². The number of rotatable bonds is 3. The SMILES string of the molecule is Cc1ccc2ncnc(Nc3ccc(N4CCCC4=O)cc3)c2c1. The summed E-state index contributed by atoms with van der Waals surface area (Å²) in [5.74, 6) is 0.988. The molecule has 0 radical (unpaired) electrons. The number of nitrogens with one attached hydrogen (secondary N) is 1. The maximum atomic E-state index is 11.8. The van der Waals surface area contributed by atoms with Gasteiger partial charge in [-0.3, -0.25) is 4.79 Å². The summed E-state index contributed by atoms with van der Waals surface area (Å²) in [6.07, 6.45) is 3.15. The van der Waals surface area contributed by atoms with Gasteiger partial charge in [0.1, 0.15) is 12.1 Å². The minimum Gasteiger partial charge on any atom is -0.340 e. The zero-order chi connectivity index (χ0) is 16.5. The first kappa shape index (κ1) is 14.6. The number of hydrogen-bond donors (Lipinski definition) is 1. The summed E-state index contributed by atoms with van der Waals surface area (Å²) in [7, 11) is 0. The van der Waals surface area contributed by atoms with Crippen LogP contribution in [0.15, 0.2) is 48.8 Å². The molecule has 120 valence electrons. The second kappa shape index (κ2) is 5.92. The lowest BCUT2D eigenvalue weighted by Crippen LogP contribution is -2.23. The van der Waals surface area contributed by atoms with Crippen molar-refractivity contribution in [1.29, 1.82) is 0 Å². The molecular weight excluding hydrogens is 300 g/mol. The summed E-state index contributed by atoms with van der Waals surface area (Å²) in [4.78, 5) is 22.3. The van der Waals surface area contributed by atoms with Gasteiger partial charge in [0.25, 0.3) is 0 Å².